The molecule has 2 aromatic rings. The molecule has 2 aromatic carbocycles. The summed E-state index contributed by atoms with van der Waals surface area (Å²) in [6, 6.07) is 11.8. The molecule has 0 N–H and O–H groups in total. The normalized spacial score (nSPS) is 15.0. The topological polar surface area (TPSA) is 83.8 Å². The Labute approximate surface area is 165 Å². The first-order valence-electron chi connectivity index (χ1n) is 9.34. The number of non-ortho nitro benzene ring substituents is 1. The number of aryl methyl sites for hydroxylation is 1. The zero-order chi connectivity index (χ0) is 20.3. The lowest BCUT2D eigenvalue weighted by molar-refractivity contribution is -0.385. The first-order chi connectivity index (χ1) is 13.3. The molecule has 0 aromatic heterocycles. The first kappa shape index (κ1) is 20.3. The molecule has 7 nitrogen and oxygen atoms in total. The molecule has 150 valence electrons. The fraction of sp³-hybridized carbons (Fsp3) is 0.400. The van der Waals surface area contributed by atoms with Gasteiger partial charge in [-0.1, -0.05) is 18.2 Å². The third-order valence-electron chi connectivity index (χ3n) is 5.13. The standard InChI is InChI=1S/C20H25N3O4S/c1-16-6-9-19(23(24)25)14-20(16)28(26,27)21(2)15-17-7-10-18(11-8-17)22-12-4-3-5-13-22/h6-11,14H,3-5,12-13,15H2,1-2H3. The third-order valence-corrected chi connectivity index (χ3v) is 7.08. The number of nitro benzene ring substituents is 1. The van der Waals surface area contributed by atoms with E-state index in [-0.39, 0.29) is 17.1 Å². The van der Waals surface area contributed by atoms with E-state index in [4.69, 9.17) is 0 Å². The summed E-state index contributed by atoms with van der Waals surface area (Å²) in [5.74, 6) is 0. The summed E-state index contributed by atoms with van der Waals surface area (Å²) < 4.78 is 27.1. The van der Waals surface area contributed by atoms with Gasteiger partial charge >= 0.3 is 0 Å². The van der Waals surface area contributed by atoms with E-state index in [1.54, 1.807) is 6.92 Å². The number of benzene rings is 2. The van der Waals surface area contributed by atoms with Crippen molar-refractivity contribution >= 4 is 21.4 Å². The zero-order valence-corrected chi connectivity index (χ0v) is 17.0. The van der Waals surface area contributed by atoms with E-state index in [0.717, 1.165) is 30.4 Å². The Hall–Kier alpha value is -2.45. The first-order valence-corrected chi connectivity index (χ1v) is 10.8. The molecule has 3 rings (SSSR count). The van der Waals surface area contributed by atoms with E-state index in [0.29, 0.717) is 5.56 Å². The maximum absolute atomic E-state index is 12.9. The average molecular weight is 404 g/mol. The minimum Gasteiger partial charge on any atom is -0.372 e. The van der Waals surface area contributed by atoms with Gasteiger partial charge in [0, 0.05) is 44.5 Å². The molecule has 0 saturated carbocycles. The van der Waals surface area contributed by atoms with Crippen molar-refractivity contribution in [3.8, 4) is 0 Å². The summed E-state index contributed by atoms with van der Waals surface area (Å²) in [5.41, 5.74) is 2.28. The van der Waals surface area contributed by atoms with Crippen molar-refractivity contribution in [2.45, 2.75) is 37.6 Å². The minimum absolute atomic E-state index is 0.0332. The lowest BCUT2D eigenvalue weighted by atomic mass is 10.1. The monoisotopic (exact) mass is 403 g/mol. The Bertz CT molecular complexity index is 952. The third kappa shape index (κ3) is 4.34. The fourth-order valence-corrected chi connectivity index (χ4v) is 4.85. The van der Waals surface area contributed by atoms with Gasteiger partial charge in [0.2, 0.25) is 10.0 Å². The van der Waals surface area contributed by atoms with Gasteiger partial charge in [0.05, 0.1) is 9.82 Å². The number of hydrogen-bond acceptors (Lipinski definition) is 5. The lowest BCUT2D eigenvalue weighted by Crippen LogP contribution is -2.29. The van der Waals surface area contributed by atoms with Gasteiger partial charge in [-0.2, -0.15) is 4.31 Å². The SMILES string of the molecule is Cc1ccc([N+](=O)[O-])cc1S(=O)(=O)N(C)Cc1ccc(N2CCCCC2)cc1. The minimum atomic E-state index is -3.84. The molecule has 0 amide bonds. The molecule has 0 spiro atoms. The molecule has 0 bridgehead atoms. The summed E-state index contributed by atoms with van der Waals surface area (Å²) in [5, 5.41) is 11.0. The van der Waals surface area contributed by atoms with Crippen LogP contribution in [-0.4, -0.2) is 37.8 Å². The van der Waals surface area contributed by atoms with E-state index in [1.165, 1.54) is 42.7 Å². The number of rotatable bonds is 6. The number of anilines is 1. The quantitative estimate of drug-likeness (QED) is 0.542. The molecule has 1 aliphatic rings. The van der Waals surface area contributed by atoms with E-state index < -0.39 is 14.9 Å². The molecule has 1 aliphatic heterocycles. The van der Waals surface area contributed by atoms with Gasteiger partial charge in [-0.25, -0.2) is 8.42 Å². The molecular formula is C20H25N3O4S. The van der Waals surface area contributed by atoms with Gasteiger partial charge in [-0.05, 0) is 49.4 Å². The lowest BCUT2D eigenvalue weighted by Gasteiger charge is -2.29. The van der Waals surface area contributed by atoms with Crippen LogP contribution in [0, 0.1) is 17.0 Å². The van der Waals surface area contributed by atoms with Crippen LogP contribution in [0.25, 0.3) is 0 Å². The van der Waals surface area contributed by atoms with Crippen LogP contribution in [0.15, 0.2) is 47.4 Å². The van der Waals surface area contributed by atoms with Crippen molar-refractivity contribution < 1.29 is 13.3 Å². The maximum Gasteiger partial charge on any atom is 0.270 e. The molecule has 0 aliphatic carbocycles. The van der Waals surface area contributed by atoms with Crippen LogP contribution in [0.2, 0.25) is 0 Å². The highest BCUT2D eigenvalue weighted by atomic mass is 32.2. The second kappa shape index (κ2) is 8.28. The largest absolute Gasteiger partial charge is 0.372 e. The van der Waals surface area contributed by atoms with Crippen molar-refractivity contribution in [3.05, 3.63) is 63.7 Å². The van der Waals surface area contributed by atoms with E-state index in [1.807, 2.05) is 24.3 Å². The van der Waals surface area contributed by atoms with Crippen molar-refractivity contribution in [2.75, 3.05) is 25.0 Å². The molecule has 0 unspecified atom stereocenters. The van der Waals surface area contributed by atoms with Crippen molar-refractivity contribution in [1.29, 1.82) is 0 Å². The van der Waals surface area contributed by atoms with Gasteiger partial charge < -0.3 is 4.90 Å². The van der Waals surface area contributed by atoms with Gasteiger partial charge in [0.25, 0.3) is 5.69 Å². The molecule has 0 radical (unpaired) electrons. The second-order valence-electron chi connectivity index (χ2n) is 7.18. The van der Waals surface area contributed by atoms with Crippen LogP contribution < -0.4 is 4.90 Å². The predicted octanol–water partition coefficient (Wildman–Crippen LogP) is 3.71. The molecule has 28 heavy (non-hydrogen) atoms. The Morgan fingerprint density at radius 2 is 1.71 bits per heavy atom. The highest BCUT2D eigenvalue weighted by molar-refractivity contribution is 7.89. The Balaban J connectivity index is 1.77. The highest BCUT2D eigenvalue weighted by Crippen LogP contribution is 2.26. The fourth-order valence-electron chi connectivity index (χ4n) is 3.45. The van der Waals surface area contributed by atoms with E-state index >= 15 is 0 Å². The molecule has 1 fully saturated rings. The Morgan fingerprint density at radius 3 is 2.32 bits per heavy atom. The van der Waals surface area contributed by atoms with Crippen LogP contribution in [0.3, 0.4) is 0 Å². The summed E-state index contributed by atoms with van der Waals surface area (Å²) >= 11 is 0. The molecule has 8 heteroatoms. The number of nitrogens with zero attached hydrogens (tertiary/aromatic N) is 3. The number of hydrogen-bond donors (Lipinski definition) is 0. The molecule has 1 saturated heterocycles. The smallest absolute Gasteiger partial charge is 0.270 e. The highest BCUT2D eigenvalue weighted by Gasteiger charge is 2.25. The maximum atomic E-state index is 12.9. The number of sulfonamides is 1. The van der Waals surface area contributed by atoms with Crippen LogP contribution in [0.1, 0.15) is 30.4 Å². The zero-order valence-electron chi connectivity index (χ0n) is 16.2. The summed E-state index contributed by atoms with van der Waals surface area (Å²) in [7, 11) is -2.34. The van der Waals surface area contributed by atoms with Crippen molar-refractivity contribution in [2.24, 2.45) is 0 Å². The van der Waals surface area contributed by atoms with Crippen LogP contribution >= 0.6 is 0 Å². The van der Waals surface area contributed by atoms with Gasteiger partial charge in [0.1, 0.15) is 0 Å². The molecular weight excluding hydrogens is 378 g/mol. The predicted molar refractivity (Wildman–Crippen MR) is 109 cm³/mol. The van der Waals surface area contributed by atoms with Crippen LogP contribution in [0.5, 0.6) is 0 Å². The average Bonchev–Trinajstić information content (AvgIpc) is 2.69. The Kier molecular flexibility index (Phi) is 6.00. The van der Waals surface area contributed by atoms with Gasteiger partial charge in [-0.3, -0.25) is 10.1 Å². The molecule has 1 heterocycles. The second-order valence-corrected chi connectivity index (χ2v) is 9.20. The van der Waals surface area contributed by atoms with E-state index in [9.17, 15) is 18.5 Å². The van der Waals surface area contributed by atoms with Gasteiger partial charge in [-0.15, -0.1) is 0 Å². The molecule has 0 atom stereocenters. The Morgan fingerprint density at radius 1 is 1.07 bits per heavy atom. The summed E-state index contributed by atoms with van der Waals surface area (Å²) in [6.45, 7) is 3.95. The van der Waals surface area contributed by atoms with Crippen molar-refractivity contribution in [3.63, 3.8) is 0 Å². The summed E-state index contributed by atoms with van der Waals surface area (Å²) in [6.07, 6.45) is 3.67. The van der Waals surface area contributed by atoms with E-state index in [2.05, 4.69) is 4.90 Å². The van der Waals surface area contributed by atoms with Crippen LogP contribution in [0.4, 0.5) is 11.4 Å². The van der Waals surface area contributed by atoms with Crippen LogP contribution in [-0.2, 0) is 16.6 Å². The van der Waals surface area contributed by atoms with Crippen molar-refractivity contribution in [1.82, 2.24) is 4.31 Å². The number of nitro groups is 1. The van der Waals surface area contributed by atoms with Gasteiger partial charge in [0.15, 0.2) is 0 Å². The number of piperidine rings is 1. The summed E-state index contributed by atoms with van der Waals surface area (Å²) in [4.78, 5) is 12.7.